The van der Waals surface area contributed by atoms with Gasteiger partial charge in [0.15, 0.2) is 0 Å². The fraction of sp³-hybridized carbons (Fsp3) is 0.474. The zero-order valence-corrected chi connectivity index (χ0v) is 13.8. The van der Waals surface area contributed by atoms with Crippen LogP contribution in [-0.4, -0.2) is 46.3 Å². The van der Waals surface area contributed by atoms with Crippen LogP contribution in [0, 0.1) is 0 Å². The SMILES string of the molecule is c1cncc(CO[C@H]2CC[C@H]3[C@H]2OCCN3Cc2cccnc2)c1. The van der Waals surface area contributed by atoms with E-state index in [0.29, 0.717) is 12.6 Å². The lowest BCUT2D eigenvalue weighted by Crippen LogP contribution is -2.51. The molecule has 5 heteroatoms. The van der Waals surface area contributed by atoms with Crippen molar-refractivity contribution >= 4 is 0 Å². The second-order valence-electron chi connectivity index (χ2n) is 6.52. The van der Waals surface area contributed by atoms with Crippen LogP contribution in [0.5, 0.6) is 0 Å². The van der Waals surface area contributed by atoms with Gasteiger partial charge in [0.2, 0.25) is 0 Å². The summed E-state index contributed by atoms with van der Waals surface area (Å²) in [6.45, 7) is 3.29. The van der Waals surface area contributed by atoms with Gasteiger partial charge in [-0.25, -0.2) is 0 Å². The second kappa shape index (κ2) is 7.38. The normalized spacial score (nSPS) is 27.1. The van der Waals surface area contributed by atoms with E-state index in [0.717, 1.165) is 38.1 Å². The molecule has 4 rings (SSSR count). The van der Waals surface area contributed by atoms with E-state index in [1.807, 2.05) is 30.7 Å². The molecule has 2 fully saturated rings. The lowest BCUT2D eigenvalue weighted by atomic mass is 10.1. The molecule has 2 aromatic rings. The van der Waals surface area contributed by atoms with Crippen LogP contribution in [0.2, 0.25) is 0 Å². The Morgan fingerprint density at radius 1 is 1.08 bits per heavy atom. The molecule has 0 aromatic carbocycles. The van der Waals surface area contributed by atoms with Crippen LogP contribution in [0.25, 0.3) is 0 Å². The fourth-order valence-electron chi connectivity index (χ4n) is 3.78. The first-order valence-corrected chi connectivity index (χ1v) is 8.65. The third-order valence-electron chi connectivity index (χ3n) is 4.95. The molecule has 0 unspecified atom stereocenters. The van der Waals surface area contributed by atoms with Gasteiger partial charge >= 0.3 is 0 Å². The van der Waals surface area contributed by atoms with Gasteiger partial charge in [0.1, 0.15) is 0 Å². The molecule has 2 aromatic heterocycles. The Balaban J connectivity index is 1.37. The van der Waals surface area contributed by atoms with Crippen molar-refractivity contribution in [1.29, 1.82) is 0 Å². The van der Waals surface area contributed by atoms with Gasteiger partial charge in [-0.05, 0) is 36.1 Å². The highest BCUT2D eigenvalue weighted by Gasteiger charge is 2.43. The van der Waals surface area contributed by atoms with E-state index in [1.54, 1.807) is 6.20 Å². The zero-order valence-electron chi connectivity index (χ0n) is 13.8. The van der Waals surface area contributed by atoms with Crippen molar-refractivity contribution in [2.24, 2.45) is 0 Å². The molecule has 1 aliphatic carbocycles. The maximum absolute atomic E-state index is 6.15. The summed E-state index contributed by atoms with van der Waals surface area (Å²) in [5.41, 5.74) is 2.38. The Labute approximate surface area is 142 Å². The van der Waals surface area contributed by atoms with Crippen LogP contribution in [0.15, 0.2) is 49.1 Å². The number of morpholine rings is 1. The molecule has 0 amide bonds. The van der Waals surface area contributed by atoms with Crippen molar-refractivity contribution in [1.82, 2.24) is 14.9 Å². The minimum atomic E-state index is 0.173. The Kier molecular flexibility index (Phi) is 4.83. The third-order valence-corrected chi connectivity index (χ3v) is 4.95. The van der Waals surface area contributed by atoms with Crippen LogP contribution < -0.4 is 0 Å². The summed E-state index contributed by atoms with van der Waals surface area (Å²) >= 11 is 0. The molecule has 126 valence electrons. The minimum Gasteiger partial charge on any atom is -0.373 e. The largest absolute Gasteiger partial charge is 0.373 e. The van der Waals surface area contributed by atoms with E-state index >= 15 is 0 Å². The van der Waals surface area contributed by atoms with E-state index in [2.05, 4.69) is 27.0 Å². The monoisotopic (exact) mass is 325 g/mol. The second-order valence-corrected chi connectivity index (χ2v) is 6.52. The number of ether oxygens (including phenoxy) is 2. The Morgan fingerprint density at radius 2 is 1.88 bits per heavy atom. The number of hydrogen-bond donors (Lipinski definition) is 0. The highest BCUT2D eigenvalue weighted by molar-refractivity contribution is 5.10. The molecular formula is C19H23N3O2. The molecule has 1 saturated heterocycles. The highest BCUT2D eigenvalue weighted by Crippen LogP contribution is 2.33. The van der Waals surface area contributed by atoms with Crippen molar-refractivity contribution in [2.75, 3.05) is 13.2 Å². The molecule has 24 heavy (non-hydrogen) atoms. The van der Waals surface area contributed by atoms with Crippen molar-refractivity contribution in [3.8, 4) is 0 Å². The van der Waals surface area contributed by atoms with E-state index in [9.17, 15) is 0 Å². The Morgan fingerprint density at radius 3 is 2.62 bits per heavy atom. The van der Waals surface area contributed by atoms with Crippen molar-refractivity contribution < 1.29 is 9.47 Å². The van der Waals surface area contributed by atoms with E-state index in [-0.39, 0.29) is 12.2 Å². The molecule has 0 radical (unpaired) electrons. The van der Waals surface area contributed by atoms with Crippen LogP contribution in [-0.2, 0) is 22.6 Å². The maximum atomic E-state index is 6.15. The molecule has 3 atom stereocenters. The summed E-state index contributed by atoms with van der Waals surface area (Å²) in [7, 11) is 0. The summed E-state index contributed by atoms with van der Waals surface area (Å²) in [4.78, 5) is 10.9. The number of pyridine rings is 2. The zero-order chi connectivity index (χ0) is 16.2. The molecule has 0 bridgehead atoms. The summed E-state index contributed by atoms with van der Waals surface area (Å²) in [5.74, 6) is 0. The molecule has 0 spiro atoms. The molecule has 3 heterocycles. The molecule has 0 N–H and O–H groups in total. The predicted molar refractivity (Wildman–Crippen MR) is 90.2 cm³/mol. The van der Waals surface area contributed by atoms with Gasteiger partial charge in [-0.3, -0.25) is 14.9 Å². The van der Waals surface area contributed by atoms with Crippen LogP contribution in [0.4, 0.5) is 0 Å². The van der Waals surface area contributed by atoms with E-state index in [1.165, 1.54) is 5.56 Å². The van der Waals surface area contributed by atoms with Gasteiger partial charge in [-0.1, -0.05) is 12.1 Å². The maximum Gasteiger partial charge on any atom is 0.0992 e. The lowest BCUT2D eigenvalue weighted by Gasteiger charge is -2.39. The Hall–Kier alpha value is -1.82. The average Bonchev–Trinajstić information content (AvgIpc) is 3.06. The fourth-order valence-corrected chi connectivity index (χ4v) is 3.78. The number of rotatable bonds is 5. The standard InChI is InChI=1S/C19H23N3O2/c1-3-15(11-20-7-1)13-22-9-10-23-19-17(22)5-6-18(19)24-14-16-4-2-8-21-12-16/h1-4,7-8,11-12,17-19H,5-6,9-10,13-14H2/t17-,18-,19+/m0/s1. The first-order valence-electron chi connectivity index (χ1n) is 8.65. The van der Waals surface area contributed by atoms with Crippen LogP contribution >= 0.6 is 0 Å². The number of aromatic nitrogens is 2. The smallest absolute Gasteiger partial charge is 0.0992 e. The number of fused-ring (bicyclic) bond motifs is 1. The average molecular weight is 325 g/mol. The number of nitrogens with zero attached hydrogens (tertiary/aromatic N) is 3. The summed E-state index contributed by atoms with van der Waals surface area (Å²) in [6, 6.07) is 8.58. The van der Waals surface area contributed by atoms with Crippen molar-refractivity contribution in [2.45, 2.75) is 44.2 Å². The van der Waals surface area contributed by atoms with Crippen LogP contribution in [0.1, 0.15) is 24.0 Å². The van der Waals surface area contributed by atoms with Gasteiger partial charge in [0, 0.05) is 43.9 Å². The molecule has 1 aliphatic heterocycles. The molecular weight excluding hydrogens is 302 g/mol. The predicted octanol–water partition coefficient (Wildman–Crippen LogP) is 2.43. The van der Waals surface area contributed by atoms with Gasteiger partial charge in [0.05, 0.1) is 25.4 Å². The summed E-state index contributed by atoms with van der Waals surface area (Å²) < 4.78 is 12.2. The molecule has 2 aliphatic rings. The first kappa shape index (κ1) is 15.7. The number of hydrogen-bond acceptors (Lipinski definition) is 5. The molecule has 5 nitrogen and oxygen atoms in total. The van der Waals surface area contributed by atoms with Gasteiger partial charge in [-0.15, -0.1) is 0 Å². The lowest BCUT2D eigenvalue weighted by molar-refractivity contribution is -0.118. The van der Waals surface area contributed by atoms with E-state index < -0.39 is 0 Å². The topological polar surface area (TPSA) is 47.5 Å². The minimum absolute atomic E-state index is 0.173. The summed E-state index contributed by atoms with van der Waals surface area (Å²) in [5, 5.41) is 0. The third kappa shape index (κ3) is 3.48. The first-order chi connectivity index (χ1) is 11.9. The Bertz CT molecular complexity index is 638. The quantitative estimate of drug-likeness (QED) is 0.845. The van der Waals surface area contributed by atoms with Gasteiger partial charge < -0.3 is 9.47 Å². The molecule has 1 saturated carbocycles. The highest BCUT2D eigenvalue weighted by atomic mass is 16.5. The van der Waals surface area contributed by atoms with Crippen LogP contribution in [0.3, 0.4) is 0 Å². The van der Waals surface area contributed by atoms with Crippen molar-refractivity contribution in [3.63, 3.8) is 0 Å². The van der Waals surface area contributed by atoms with E-state index in [4.69, 9.17) is 9.47 Å². The van der Waals surface area contributed by atoms with Gasteiger partial charge in [0.25, 0.3) is 0 Å². The summed E-state index contributed by atoms with van der Waals surface area (Å²) in [6.07, 6.45) is 9.96. The van der Waals surface area contributed by atoms with Crippen molar-refractivity contribution in [3.05, 3.63) is 60.2 Å². The van der Waals surface area contributed by atoms with Gasteiger partial charge in [-0.2, -0.15) is 0 Å².